The van der Waals surface area contributed by atoms with Gasteiger partial charge in [-0.05, 0) is 48.1 Å². The molecular weight excluding hydrogens is 425 g/mol. The van der Waals surface area contributed by atoms with Crippen molar-refractivity contribution in [2.45, 2.75) is 33.3 Å². The van der Waals surface area contributed by atoms with Crippen LogP contribution in [0.1, 0.15) is 47.2 Å². The molecule has 0 saturated carbocycles. The van der Waals surface area contributed by atoms with Crippen LogP contribution in [0, 0.1) is 5.92 Å². The molecule has 9 heteroatoms. The fourth-order valence-electron chi connectivity index (χ4n) is 2.03. The van der Waals surface area contributed by atoms with E-state index in [9.17, 15) is 9.59 Å². The second kappa shape index (κ2) is 10.6. The van der Waals surface area contributed by atoms with Crippen LogP contribution < -0.4 is 4.74 Å². The zero-order valence-corrected chi connectivity index (χ0v) is 18.1. The number of nitrogens with zero attached hydrogens (tertiary/aromatic N) is 1. The summed E-state index contributed by atoms with van der Waals surface area (Å²) in [6.07, 6.45) is 0.0790. The Hall–Kier alpha value is -1.83. The van der Waals surface area contributed by atoms with E-state index in [2.05, 4.69) is 4.37 Å². The molecular formula is C19H21Cl2NO5S. The van der Waals surface area contributed by atoms with E-state index < -0.39 is 12.1 Å². The molecule has 1 unspecified atom stereocenters. The lowest BCUT2D eigenvalue weighted by molar-refractivity contribution is 0.0170. The standard InChI is InChI=1S/C19H21Cl2NO5S/c1-4-13(27-19(24)16-15(20)17(21)22-28-16)10-25-14-7-5-12(6-8-14)18(23)26-9-11(2)3/h5-8,11,13H,4,9-10H2,1-3H3. The molecule has 2 rings (SSSR count). The van der Waals surface area contributed by atoms with Gasteiger partial charge in [-0.2, -0.15) is 4.37 Å². The molecule has 6 nitrogen and oxygen atoms in total. The van der Waals surface area contributed by atoms with Crippen molar-refractivity contribution in [3.05, 3.63) is 44.9 Å². The van der Waals surface area contributed by atoms with Crippen molar-refractivity contribution in [1.29, 1.82) is 0 Å². The largest absolute Gasteiger partial charge is 0.490 e. The number of rotatable bonds is 9. The third kappa shape index (κ3) is 6.36. The number of ether oxygens (including phenoxy) is 3. The van der Waals surface area contributed by atoms with E-state index in [4.69, 9.17) is 37.4 Å². The lowest BCUT2D eigenvalue weighted by Crippen LogP contribution is -2.24. The number of carbonyl (C=O) groups excluding carboxylic acids is 2. The van der Waals surface area contributed by atoms with E-state index in [0.29, 0.717) is 24.3 Å². The molecule has 0 saturated heterocycles. The van der Waals surface area contributed by atoms with Gasteiger partial charge in [-0.15, -0.1) is 0 Å². The average molecular weight is 446 g/mol. The summed E-state index contributed by atoms with van der Waals surface area (Å²) in [5, 5.41) is 0.169. The molecule has 0 N–H and O–H groups in total. The molecule has 1 atom stereocenters. The lowest BCUT2D eigenvalue weighted by Gasteiger charge is -2.16. The number of hydrogen-bond donors (Lipinski definition) is 0. The molecule has 1 aromatic heterocycles. The Labute approximate surface area is 177 Å². The lowest BCUT2D eigenvalue weighted by atomic mass is 10.2. The van der Waals surface area contributed by atoms with E-state index >= 15 is 0 Å². The third-order valence-corrected chi connectivity index (χ3v) is 5.36. The summed E-state index contributed by atoms with van der Waals surface area (Å²) in [5.41, 5.74) is 0.447. The third-order valence-electron chi connectivity index (χ3n) is 3.59. The second-order valence-corrected chi connectivity index (χ2v) is 7.89. The monoisotopic (exact) mass is 445 g/mol. The Kier molecular flexibility index (Phi) is 8.54. The van der Waals surface area contributed by atoms with Gasteiger partial charge >= 0.3 is 11.9 Å². The van der Waals surface area contributed by atoms with Crippen molar-refractivity contribution in [3.63, 3.8) is 0 Å². The van der Waals surface area contributed by atoms with Crippen LogP contribution >= 0.6 is 34.7 Å². The van der Waals surface area contributed by atoms with Crippen LogP contribution in [0.3, 0.4) is 0 Å². The zero-order valence-electron chi connectivity index (χ0n) is 15.7. The highest BCUT2D eigenvalue weighted by atomic mass is 35.5. The van der Waals surface area contributed by atoms with Crippen molar-refractivity contribution in [1.82, 2.24) is 4.37 Å². The van der Waals surface area contributed by atoms with E-state index in [-0.39, 0.29) is 33.5 Å². The zero-order chi connectivity index (χ0) is 20.7. The van der Waals surface area contributed by atoms with Crippen LogP contribution in [0.4, 0.5) is 0 Å². The minimum atomic E-state index is -0.590. The minimum Gasteiger partial charge on any atom is -0.490 e. The molecule has 1 heterocycles. The van der Waals surface area contributed by atoms with Gasteiger partial charge < -0.3 is 14.2 Å². The second-order valence-electron chi connectivity index (χ2n) is 6.38. The predicted molar refractivity (Wildman–Crippen MR) is 109 cm³/mol. The maximum atomic E-state index is 12.2. The maximum absolute atomic E-state index is 12.2. The Balaban J connectivity index is 1.88. The molecule has 0 aliphatic heterocycles. The number of hydrogen-bond acceptors (Lipinski definition) is 7. The van der Waals surface area contributed by atoms with E-state index in [1.807, 2.05) is 20.8 Å². The Morgan fingerprint density at radius 2 is 1.79 bits per heavy atom. The number of esters is 2. The molecule has 28 heavy (non-hydrogen) atoms. The predicted octanol–water partition coefficient (Wildman–Crippen LogP) is 5.28. The number of halogens is 2. The average Bonchev–Trinajstić information content (AvgIpc) is 3.02. The van der Waals surface area contributed by atoms with Crippen LogP contribution in [0.25, 0.3) is 0 Å². The summed E-state index contributed by atoms with van der Waals surface area (Å²) in [6, 6.07) is 6.59. The maximum Gasteiger partial charge on any atom is 0.351 e. The summed E-state index contributed by atoms with van der Waals surface area (Å²) >= 11 is 12.6. The fourth-order valence-corrected chi connectivity index (χ4v) is 3.12. The van der Waals surface area contributed by atoms with Gasteiger partial charge in [0.2, 0.25) is 0 Å². The van der Waals surface area contributed by atoms with Gasteiger partial charge in [0.05, 0.1) is 12.2 Å². The SMILES string of the molecule is CCC(COc1ccc(C(=O)OCC(C)C)cc1)OC(=O)c1snc(Cl)c1Cl. The molecule has 0 amide bonds. The van der Waals surface area contributed by atoms with Crippen molar-refractivity contribution in [2.75, 3.05) is 13.2 Å². The molecule has 152 valence electrons. The highest BCUT2D eigenvalue weighted by Crippen LogP contribution is 2.29. The fraction of sp³-hybridized carbons (Fsp3) is 0.421. The van der Waals surface area contributed by atoms with Crippen LogP contribution in [0.15, 0.2) is 24.3 Å². The number of aromatic nitrogens is 1. The highest BCUT2D eigenvalue weighted by molar-refractivity contribution is 7.09. The first-order valence-corrected chi connectivity index (χ1v) is 10.3. The molecule has 0 aliphatic rings. The van der Waals surface area contributed by atoms with Gasteiger partial charge in [0.1, 0.15) is 23.5 Å². The van der Waals surface area contributed by atoms with Crippen molar-refractivity contribution in [2.24, 2.45) is 5.92 Å². The van der Waals surface area contributed by atoms with Gasteiger partial charge in [0, 0.05) is 0 Å². The van der Waals surface area contributed by atoms with Gasteiger partial charge in [0.15, 0.2) is 10.0 Å². The molecule has 0 spiro atoms. The molecule has 2 aromatic rings. The van der Waals surface area contributed by atoms with E-state index in [1.54, 1.807) is 24.3 Å². The van der Waals surface area contributed by atoms with Crippen LogP contribution in [-0.2, 0) is 9.47 Å². The number of carbonyl (C=O) groups is 2. The summed E-state index contributed by atoms with van der Waals surface area (Å²) in [4.78, 5) is 24.3. The van der Waals surface area contributed by atoms with Gasteiger partial charge in [-0.3, -0.25) is 0 Å². The summed E-state index contributed by atoms with van der Waals surface area (Å²) in [5.74, 6) is -0.140. The first-order chi connectivity index (χ1) is 13.3. The molecule has 0 bridgehead atoms. The Morgan fingerprint density at radius 1 is 1.11 bits per heavy atom. The van der Waals surface area contributed by atoms with E-state index in [1.165, 1.54) is 0 Å². The van der Waals surface area contributed by atoms with Gasteiger partial charge in [-0.25, -0.2) is 9.59 Å². The van der Waals surface area contributed by atoms with Crippen molar-refractivity contribution >= 4 is 46.7 Å². The van der Waals surface area contributed by atoms with Crippen LogP contribution in [0.2, 0.25) is 10.2 Å². The quantitative estimate of drug-likeness (QED) is 0.488. The number of benzene rings is 1. The van der Waals surface area contributed by atoms with Crippen LogP contribution in [-0.4, -0.2) is 35.6 Å². The first-order valence-electron chi connectivity index (χ1n) is 8.73. The van der Waals surface area contributed by atoms with Gasteiger partial charge in [0.25, 0.3) is 0 Å². The highest BCUT2D eigenvalue weighted by Gasteiger charge is 2.22. The molecule has 1 aromatic carbocycles. The Bertz CT molecular complexity index is 807. The topological polar surface area (TPSA) is 74.7 Å². The van der Waals surface area contributed by atoms with Crippen molar-refractivity contribution in [3.8, 4) is 5.75 Å². The molecule has 0 aliphatic carbocycles. The summed E-state index contributed by atoms with van der Waals surface area (Å²) in [6.45, 7) is 6.34. The molecule has 0 radical (unpaired) electrons. The first kappa shape index (κ1) is 22.5. The minimum absolute atomic E-state index is 0.0786. The normalized spacial score (nSPS) is 11.9. The molecule has 0 fully saturated rings. The summed E-state index contributed by atoms with van der Waals surface area (Å²) in [7, 11) is 0. The van der Waals surface area contributed by atoms with E-state index in [0.717, 1.165) is 11.5 Å². The summed E-state index contributed by atoms with van der Waals surface area (Å²) < 4.78 is 20.1. The van der Waals surface area contributed by atoms with Gasteiger partial charge in [-0.1, -0.05) is 44.0 Å². The Morgan fingerprint density at radius 3 is 2.32 bits per heavy atom. The van der Waals surface area contributed by atoms with Crippen LogP contribution in [0.5, 0.6) is 5.75 Å². The smallest absolute Gasteiger partial charge is 0.351 e. The van der Waals surface area contributed by atoms with Crippen molar-refractivity contribution < 1.29 is 23.8 Å².